The van der Waals surface area contributed by atoms with Gasteiger partial charge in [-0.15, -0.1) is 0 Å². The number of carbonyl (C=O) groups excluding carboxylic acids is 1. The van der Waals surface area contributed by atoms with E-state index in [1.807, 2.05) is 0 Å². The fourth-order valence-corrected chi connectivity index (χ4v) is 2.87. The number of carbonyl (C=O) groups is 2. The van der Waals surface area contributed by atoms with E-state index in [-0.39, 0.29) is 24.5 Å². The van der Waals surface area contributed by atoms with Crippen LogP contribution in [-0.4, -0.2) is 40.6 Å². The minimum absolute atomic E-state index is 0.0279. The van der Waals surface area contributed by atoms with Crippen LogP contribution < -0.4 is 5.32 Å². The van der Waals surface area contributed by atoms with Crippen molar-refractivity contribution >= 4 is 12.0 Å². The van der Waals surface area contributed by atoms with Crippen LogP contribution >= 0.6 is 0 Å². The third-order valence-electron chi connectivity index (χ3n) is 4.11. The Labute approximate surface area is 114 Å². The monoisotopic (exact) mass is 268 g/mol. The first-order valence-corrected chi connectivity index (χ1v) is 7.16. The van der Waals surface area contributed by atoms with E-state index >= 15 is 0 Å². The molecule has 5 heteroatoms. The van der Waals surface area contributed by atoms with Gasteiger partial charge >= 0.3 is 12.0 Å². The molecule has 2 N–H and O–H groups in total. The molecule has 0 radical (unpaired) electrons. The fraction of sp³-hybridized carbons (Fsp3) is 0.857. The SMILES string of the molecule is CC1(C)CCC(NC(=O)N(CCC(=O)O)C2CC2)C1. The summed E-state index contributed by atoms with van der Waals surface area (Å²) >= 11 is 0. The first kappa shape index (κ1) is 14.2. The predicted octanol–water partition coefficient (Wildman–Crippen LogP) is 2.21. The van der Waals surface area contributed by atoms with Crippen LogP contribution in [0.15, 0.2) is 0 Å². The molecule has 0 aliphatic heterocycles. The lowest BCUT2D eigenvalue weighted by Crippen LogP contribution is -2.46. The summed E-state index contributed by atoms with van der Waals surface area (Å²) < 4.78 is 0. The molecule has 2 saturated carbocycles. The van der Waals surface area contributed by atoms with E-state index in [0.29, 0.717) is 12.0 Å². The summed E-state index contributed by atoms with van der Waals surface area (Å²) in [4.78, 5) is 24.6. The van der Waals surface area contributed by atoms with Gasteiger partial charge < -0.3 is 15.3 Å². The molecule has 0 heterocycles. The third kappa shape index (κ3) is 4.11. The number of nitrogens with zero attached hydrogens (tertiary/aromatic N) is 1. The molecule has 2 fully saturated rings. The number of rotatable bonds is 5. The topological polar surface area (TPSA) is 69.6 Å². The van der Waals surface area contributed by atoms with E-state index in [4.69, 9.17) is 5.11 Å². The molecule has 0 bridgehead atoms. The molecule has 1 unspecified atom stereocenters. The summed E-state index contributed by atoms with van der Waals surface area (Å²) in [6.45, 7) is 4.77. The number of hydrogen-bond donors (Lipinski definition) is 2. The highest BCUT2D eigenvalue weighted by Crippen LogP contribution is 2.37. The zero-order chi connectivity index (χ0) is 14.0. The fourth-order valence-electron chi connectivity index (χ4n) is 2.87. The average molecular weight is 268 g/mol. The summed E-state index contributed by atoms with van der Waals surface area (Å²) in [5.74, 6) is -0.847. The Kier molecular flexibility index (Phi) is 4.02. The van der Waals surface area contributed by atoms with Crippen molar-refractivity contribution in [3.05, 3.63) is 0 Å². The molecule has 2 aliphatic rings. The average Bonchev–Trinajstić information content (AvgIpc) is 3.05. The highest BCUT2D eigenvalue weighted by Gasteiger charge is 2.36. The van der Waals surface area contributed by atoms with Crippen LogP contribution in [0.4, 0.5) is 4.79 Å². The Morgan fingerprint density at radius 1 is 1.32 bits per heavy atom. The van der Waals surface area contributed by atoms with Gasteiger partial charge in [-0.1, -0.05) is 13.8 Å². The highest BCUT2D eigenvalue weighted by molar-refractivity contribution is 5.76. The summed E-state index contributed by atoms with van der Waals surface area (Å²) in [5.41, 5.74) is 0.309. The summed E-state index contributed by atoms with van der Waals surface area (Å²) in [5, 5.41) is 11.8. The number of carboxylic acids is 1. The van der Waals surface area contributed by atoms with Crippen molar-refractivity contribution in [2.24, 2.45) is 5.41 Å². The Hall–Kier alpha value is -1.26. The molecule has 2 amide bonds. The molecule has 0 saturated heterocycles. The van der Waals surface area contributed by atoms with Gasteiger partial charge in [0.25, 0.3) is 0 Å². The van der Waals surface area contributed by atoms with Crippen molar-refractivity contribution < 1.29 is 14.7 Å². The number of urea groups is 1. The Morgan fingerprint density at radius 3 is 2.47 bits per heavy atom. The first-order chi connectivity index (χ1) is 8.87. The molecule has 2 aliphatic carbocycles. The molecule has 0 aromatic carbocycles. The quantitative estimate of drug-likeness (QED) is 0.803. The van der Waals surface area contributed by atoms with Gasteiger partial charge in [0.05, 0.1) is 6.42 Å². The largest absolute Gasteiger partial charge is 0.481 e. The van der Waals surface area contributed by atoms with Crippen molar-refractivity contribution in [2.75, 3.05) is 6.54 Å². The number of nitrogens with one attached hydrogen (secondary N) is 1. The Morgan fingerprint density at radius 2 is 2.00 bits per heavy atom. The number of hydrogen-bond acceptors (Lipinski definition) is 2. The molecule has 19 heavy (non-hydrogen) atoms. The van der Waals surface area contributed by atoms with Crippen molar-refractivity contribution in [1.29, 1.82) is 0 Å². The van der Waals surface area contributed by atoms with Crippen molar-refractivity contribution in [1.82, 2.24) is 10.2 Å². The van der Waals surface area contributed by atoms with Crippen LogP contribution in [0.25, 0.3) is 0 Å². The lowest BCUT2D eigenvalue weighted by molar-refractivity contribution is -0.137. The summed E-state index contributed by atoms with van der Waals surface area (Å²) in [6.07, 6.45) is 5.20. The Bertz CT molecular complexity index is 364. The van der Waals surface area contributed by atoms with Gasteiger partial charge in [-0.25, -0.2) is 4.79 Å². The normalized spacial score (nSPS) is 25.1. The zero-order valence-electron chi connectivity index (χ0n) is 11.8. The number of carboxylic acid groups (broad SMARTS) is 1. The van der Waals surface area contributed by atoms with Crippen molar-refractivity contribution in [2.45, 2.75) is 64.5 Å². The molecule has 108 valence electrons. The Balaban J connectivity index is 1.84. The third-order valence-corrected chi connectivity index (χ3v) is 4.11. The van der Waals surface area contributed by atoms with E-state index in [0.717, 1.165) is 32.1 Å². The van der Waals surface area contributed by atoms with E-state index in [1.54, 1.807) is 4.90 Å². The molecule has 0 aromatic heterocycles. The number of aliphatic carboxylic acids is 1. The van der Waals surface area contributed by atoms with E-state index < -0.39 is 5.97 Å². The first-order valence-electron chi connectivity index (χ1n) is 7.16. The van der Waals surface area contributed by atoms with Crippen molar-refractivity contribution in [3.8, 4) is 0 Å². The van der Waals surface area contributed by atoms with Crippen LogP contribution in [-0.2, 0) is 4.79 Å². The maximum Gasteiger partial charge on any atom is 0.317 e. The molecule has 2 rings (SSSR count). The second-order valence-corrected chi connectivity index (χ2v) is 6.62. The smallest absolute Gasteiger partial charge is 0.317 e. The number of amides is 2. The van der Waals surface area contributed by atoms with Crippen LogP contribution in [0, 0.1) is 5.41 Å². The van der Waals surface area contributed by atoms with Gasteiger partial charge in [0.1, 0.15) is 0 Å². The maximum atomic E-state index is 12.2. The zero-order valence-corrected chi connectivity index (χ0v) is 11.8. The second kappa shape index (κ2) is 5.39. The minimum Gasteiger partial charge on any atom is -0.481 e. The molecular formula is C14H24N2O3. The van der Waals surface area contributed by atoms with Gasteiger partial charge in [0.15, 0.2) is 0 Å². The standard InChI is InChI=1S/C14H24N2O3/c1-14(2)7-5-10(9-14)15-13(19)16(11-3-4-11)8-6-12(17)18/h10-11H,3-9H2,1-2H3,(H,15,19)(H,17,18). The summed E-state index contributed by atoms with van der Waals surface area (Å²) in [6, 6.07) is 0.425. The van der Waals surface area contributed by atoms with Gasteiger partial charge in [-0.05, 0) is 37.5 Å². The lowest BCUT2D eigenvalue weighted by atomic mass is 9.92. The van der Waals surface area contributed by atoms with Gasteiger partial charge in [0, 0.05) is 18.6 Å². The second-order valence-electron chi connectivity index (χ2n) is 6.62. The van der Waals surface area contributed by atoms with Crippen molar-refractivity contribution in [3.63, 3.8) is 0 Å². The van der Waals surface area contributed by atoms with E-state index in [1.165, 1.54) is 0 Å². The molecule has 1 atom stereocenters. The van der Waals surface area contributed by atoms with E-state index in [9.17, 15) is 9.59 Å². The highest BCUT2D eigenvalue weighted by atomic mass is 16.4. The summed E-state index contributed by atoms with van der Waals surface area (Å²) in [7, 11) is 0. The minimum atomic E-state index is -0.847. The van der Waals surface area contributed by atoms with Gasteiger partial charge in [-0.3, -0.25) is 4.79 Å². The molecule has 0 spiro atoms. The van der Waals surface area contributed by atoms with Crippen LogP contribution in [0.3, 0.4) is 0 Å². The lowest BCUT2D eigenvalue weighted by Gasteiger charge is -2.25. The molecular weight excluding hydrogens is 244 g/mol. The van der Waals surface area contributed by atoms with E-state index in [2.05, 4.69) is 19.2 Å². The van der Waals surface area contributed by atoms with Crippen LogP contribution in [0.5, 0.6) is 0 Å². The predicted molar refractivity (Wildman–Crippen MR) is 71.9 cm³/mol. The van der Waals surface area contributed by atoms with Gasteiger partial charge in [-0.2, -0.15) is 0 Å². The van der Waals surface area contributed by atoms with Crippen LogP contribution in [0.2, 0.25) is 0 Å². The maximum absolute atomic E-state index is 12.2. The molecule has 0 aromatic rings. The molecule has 5 nitrogen and oxygen atoms in total. The van der Waals surface area contributed by atoms with Crippen LogP contribution in [0.1, 0.15) is 52.4 Å². The van der Waals surface area contributed by atoms with Gasteiger partial charge in [0.2, 0.25) is 0 Å².